The standard InChI is InChI=1S/C15H16N2OS/c1-11-14(19-10-16-11)6-8-17-7-5-12-3-2-4-13(9-18)15(12)17/h2-5,7,10,18H,6,8-9H2,1H3. The van der Waals surface area contributed by atoms with E-state index in [0.717, 1.165) is 29.7 Å². The van der Waals surface area contributed by atoms with Crippen molar-refractivity contribution in [1.82, 2.24) is 9.55 Å². The van der Waals surface area contributed by atoms with E-state index >= 15 is 0 Å². The summed E-state index contributed by atoms with van der Waals surface area (Å²) in [6, 6.07) is 8.17. The van der Waals surface area contributed by atoms with Crippen molar-refractivity contribution in [2.75, 3.05) is 0 Å². The maximum atomic E-state index is 9.45. The Morgan fingerprint density at radius 3 is 2.95 bits per heavy atom. The molecule has 0 atom stereocenters. The molecule has 0 bridgehead atoms. The number of aliphatic hydroxyl groups is 1. The number of hydrogen-bond acceptors (Lipinski definition) is 3. The Hall–Kier alpha value is -1.65. The van der Waals surface area contributed by atoms with E-state index in [2.05, 4.69) is 34.8 Å². The zero-order valence-corrected chi connectivity index (χ0v) is 11.7. The summed E-state index contributed by atoms with van der Waals surface area (Å²) in [5.41, 5.74) is 5.16. The van der Waals surface area contributed by atoms with Crippen LogP contribution in [0, 0.1) is 6.92 Å². The van der Waals surface area contributed by atoms with E-state index in [9.17, 15) is 5.11 Å². The fourth-order valence-corrected chi connectivity index (χ4v) is 3.21. The maximum Gasteiger partial charge on any atom is 0.0797 e. The first kappa shape index (κ1) is 12.4. The molecule has 3 rings (SSSR count). The Kier molecular flexibility index (Phi) is 3.36. The minimum absolute atomic E-state index is 0.0843. The van der Waals surface area contributed by atoms with Crippen molar-refractivity contribution in [3.63, 3.8) is 0 Å². The average molecular weight is 272 g/mol. The van der Waals surface area contributed by atoms with Crippen molar-refractivity contribution in [1.29, 1.82) is 0 Å². The van der Waals surface area contributed by atoms with Gasteiger partial charge in [-0.1, -0.05) is 18.2 Å². The van der Waals surface area contributed by atoms with E-state index < -0.39 is 0 Å². The van der Waals surface area contributed by atoms with Crippen molar-refractivity contribution in [3.05, 3.63) is 52.1 Å². The van der Waals surface area contributed by atoms with Crippen LogP contribution in [0.1, 0.15) is 16.1 Å². The highest BCUT2D eigenvalue weighted by Gasteiger charge is 2.07. The fourth-order valence-electron chi connectivity index (χ4n) is 2.44. The van der Waals surface area contributed by atoms with Crippen LogP contribution in [0.15, 0.2) is 36.0 Å². The average Bonchev–Trinajstić information content (AvgIpc) is 3.02. The summed E-state index contributed by atoms with van der Waals surface area (Å²) in [6.07, 6.45) is 3.08. The molecule has 0 radical (unpaired) electrons. The van der Waals surface area contributed by atoms with Gasteiger partial charge in [-0.25, -0.2) is 4.98 Å². The van der Waals surface area contributed by atoms with Gasteiger partial charge in [-0.15, -0.1) is 11.3 Å². The number of aromatic nitrogens is 2. The SMILES string of the molecule is Cc1ncsc1CCn1ccc2cccc(CO)c21. The summed E-state index contributed by atoms with van der Waals surface area (Å²) in [7, 11) is 0. The van der Waals surface area contributed by atoms with Gasteiger partial charge in [0, 0.05) is 29.6 Å². The van der Waals surface area contributed by atoms with Crippen LogP contribution < -0.4 is 0 Å². The molecule has 0 unspecified atom stereocenters. The summed E-state index contributed by atoms with van der Waals surface area (Å²) < 4.78 is 2.22. The zero-order chi connectivity index (χ0) is 13.2. The van der Waals surface area contributed by atoms with Crippen LogP contribution in [0.3, 0.4) is 0 Å². The third kappa shape index (κ3) is 2.29. The topological polar surface area (TPSA) is 38.0 Å². The van der Waals surface area contributed by atoms with E-state index in [4.69, 9.17) is 0 Å². The molecule has 0 spiro atoms. The third-order valence-electron chi connectivity index (χ3n) is 3.47. The van der Waals surface area contributed by atoms with Crippen LogP contribution in [0.4, 0.5) is 0 Å². The van der Waals surface area contributed by atoms with Crippen molar-refractivity contribution in [3.8, 4) is 0 Å². The molecule has 1 aromatic carbocycles. The van der Waals surface area contributed by atoms with E-state index in [1.54, 1.807) is 11.3 Å². The smallest absolute Gasteiger partial charge is 0.0797 e. The monoisotopic (exact) mass is 272 g/mol. The predicted molar refractivity (Wildman–Crippen MR) is 78.4 cm³/mol. The number of rotatable bonds is 4. The van der Waals surface area contributed by atoms with Gasteiger partial charge in [0.2, 0.25) is 0 Å². The largest absolute Gasteiger partial charge is 0.392 e. The molecule has 0 fully saturated rings. The predicted octanol–water partition coefficient (Wildman–Crippen LogP) is 3.14. The lowest BCUT2D eigenvalue weighted by atomic mass is 10.1. The number of aliphatic hydroxyl groups excluding tert-OH is 1. The Balaban J connectivity index is 1.91. The van der Waals surface area contributed by atoms with Crippen molar-refractivity contribution in [2.24, 2.45) is 0 Å². The van der Waals surface area contributed by atoms with E-state index in [-0.39, 0.29) is 6.61 Å². The van der Waals surface area contributed by atoms with Gasteiger partial charge in [-0.2, -0.15) is 0 Å². The lowest BCUT2D eigenvalue weighted by Gasteiger charge is -2.08. The van der Waals surface area contributed by atoms with Crippen molar-refractivity contribution < 1.29 is 5.11 Å². The molecule has 0 saturated carbocycles. The number of benzene rings is 1. The van der Waals surface area contributed by atoms with E-state index in [1.807, 2.05) is 17.6 Å². The zero-order valence-electron chi connectivity index (χ0n) is 10.8. The molecule has 0 aliphatic carbocycles. The minimum Gasteiger partial charge on any atom is -0.392 e. The van der Waals surface area contributed by atoms with Crippen LogP contribution in [-0.2, 0) is 19.6 Å². The fraction of sp³-hybridized carbons (Fsp3) is 0.267. The first-order valence-electron chi connectivity index (χ1n) is 6.36. The molecule has 1 N–H and O–H groups in total. The summed E-state index contributed by atoms with van der Waals surface area (Å²) in [6.45, 7) is 3.06. The Morgan fingerprint density at radius 2 is 2.21 bits per heavy atom. The molecule has 3 nitrogen and oxygen atoms in total. The quantitative estimate of drug-likeness (QED) is 0.792. The first-order valence-corrected chi connectivity index (χ1v) is 7.24. The molecule has 3 aromatic rings. The lowest BCUT2D eigenvalue weighted by Crippen LogP contribution is -2.01. The molecular formula is C15H16N2OS. The molecule has 19 heavy (non-hydrogen) atoms. The maximum absolute atomic E-state index is 9.45. The van der Waals surface area contributed by atoms with Gasteiger partial charge < -0.3 is 9.67 Å². The summed E-state index contributed by atoms with van der Waals surface area (Å²) >= 11 is 1.71. The second-order valence-electron chi connectivity index (χ2n) is 4.63. The van der Waals surface area contributed by atoms with Gasteiger partial charge in [0.05, 0.1) is 23.3 Å². The lowest BCUT2D eigenvalue weighted by molar-refractivity contribution is 0.283. The number of hydrogen-bond donors (Lipinski definition) is 1. The number of aryl methyl sites for hydroxylation is 3. The van der Waals surface area contributed by atoms with Gasteiger partial charge in [-0.05, 0) is 18.4 Å². The number of para-hydroxylation sites is 1. The van der Waals surface area contributed by atoms with Gasteiger partial charge in [0.15, 0.2) is 0 Å². The normalized spacial score (nSPS) is 11.3. The van der Waals surface area contributed by atoms with Gasteiger partial charge in [0.1, 0.15) is 0 Å². The van der Waals surface area contributed by atoms with Crippen LogP contribution in [0.5, 0.6) is 0 Å². The molecule has 0 aliphatic heterocycles. The Labute approximate surface area is 116 Å². The molecule has 2 heterocycles. The second kappa shape index (κ2) is 5.15. The molecule has 2 aromatic heterocycles. The number of fused-ring (bicyclic) bond motifs is 1. The highest BCUT2D eigenvalue weighted by Crippen LogP contribution is 2.22. The molecule has 0 amide bonds. The first-order chi connectivity index (χ1) is 9.29. The third-order valence-corrected chi connectivity index (χ3v) is 4.46. The van der Waals surface area contributed by atoms with Gasteiger partial charge in [-0.3, -0.25) is 0 Å². The molecule has 4 heteroatoms. The molecule has 0 saturated heterocycles. The molecule has 0 aliphatic rings. The Bertz CT molecular complexity index is 699. The van der Waals surface area contributed by atoms with Crippen molar-refractivity contribution >= 4 is 22.2 Å². The molecule has 98 valence electrons. The van der Waals surface area contributed by atoms with Crippen molar-refractivity contribution in [2.45, 2.75) is 26.5 Å². The second-order valence-corrected chi connectivity index (χ2v) is 5.57. The van der Waals surface area contributed by atoms with Crippen LogP contribution in [-0.4, -0.2) is 14.7 Å². The minimum atomic E-state index is 0.0843. The summed E-state index contributed by atoms with van der Waals surface area (Å²) in [5, 5.41) is 10.6. The summed E-state index contributed by atoms with van der Waals surface area (Å²) in [4.78, 5) is 5.62. The van der Waals surface area contributed by atoms with Crippen LogP contribution >= 0.6 is 11.3 Å². The summed E-state index contributed by atoms with van der Waals surface area (Å²) in [5.74, 6) is 0. The number of nitrogens with zero attached hydrogens (tertiary/aromatic N) is 2. The highest BCUT2D eigenvalue weighted by atomic mass is 32.1. The van der Waals surface area contributed by atoms with E-state index in [0.29, 0.717) is 0 Å². The highest BCUT2D eigenvalue weighted by molar-refractivity contribution is 7.09. The van der Waals surface area contributed by atoms with Crippen LogP contribution in [0.2, 0.25) is 0 Å². The van der Waals surface area contributed by atoms with Gasteiger partial charge >= 0.3 is 0 Å². The number of thiazole rings is 1. The molecular weight excluding hydrogens is 256 g/mol. The van der Waals surface area contributed by atoms with E-state index in [1.165, 1.54) is 10.3 Å². The van der Waals surface area contributed by atoms with Gasteiger partial charge in [0.25, 0.3) is 0 Å². The van der Waals surface area contributed by atoms with Crippen LogP contribution in [0.25, 0.3) is 10.9 Å². The Morgan fingerprint density at radius 1 is 1.32 bits per heavy atom.